The van der Waals surface area contributed by atoms with Crippen LogP contribution in [-0.2, 0) is 28.9 Å². The summed E-state index contributed by atoms with van der Waals surface area (Å²) in [7, 11) is 0. The summed E-state index contributed by atoms with van der Waals surface area (Å²) in [5, 5.41) is 0. The third kappa shape index (κ3) is 4.38. The van der Waals surface area contributed by atoms with Gasteiger partial charge in [-0.3, -0.25) is 4.79 Å². The van der Waals surface area contributed by atoms with Crippen molar-refractivity contribution in [1.82, 2.24) is 4.90 Å². The van der Waals surface area contributed by atoms with E-state index in [1.165, 1.54) is 36.1 Å². The fourth-order valence-electron chi connectivity index (χ4n) is 4.50. The quantitative estimate of drug-likeness (QED) is 0.748. The Bertz CT molecular complexity index is 979. The maximum Gasteiger partial charge on any atom is 0.257 e. The van der Waals surface area contributed by atoms with E-state index in [0.29, 0.717) is 37.6 Å². The predicted molar refractivity (Wildman–Crippen MR) is 111 cm³/mol. The molecule has 5 rings (SSSR count). The molecule has 164 valence electrons. The van der Waals surface area contributed by atoms with Crippen molar-refractivity contribution in [3.05, 3.63) is 58.4 Å². The van der Waals surface area contributed by atoms with Crippen molar-refractivity contribution in [2.45, 2.75) is 38.4 Å². The average Bonchev–Trinajstić information content (AvgIpc) is 2.81. The molecule has 1 atom stereocenters. The number of aryl methyl sites for hydroxylation is 2. The van der Waals surface area contributed by atoms with Crippen LogP contribution in [0.5, 0.6) is 11.5 Å². The number of rotatable bonds is 4. The maximum atomic E-state index is 14.1. The molecule has 2 aliphatic heterocycles. The summed E-state index contributed by atoms with van der Waals surface area (Å²) >= 11 is 0. The van der Waals surface area contributed by atoms with E-state index in [0.717, 1.165) is 18.6 Å². The molecule has 0 saturated carbocycles. The SMILES string of the molecule is O=C(c1cc(F)cc2c1OCOC2)N1CCOC(COc2ccc3c(c2)CCCC3)C1. The molecule has 1 aliphatic carbocycles. The molecule has 1 saturated heterocycles. The van der Waals surface area contributed by atoms with Gasteiger partial charge >= 0.3 is 0 Å². The molecule has 0 radical (unpaired) electrons. The van der Waals surface area contributed by atoms with E-state index in [2.05, 4.69) is 12.1 Å². The van der Waals surface area contributed by atoms with E-state index in [1.807, 2.05) is 6.07 Å². The van der Waals surface area contributed by atoms with Gasteiger partial charge in [0.2, 0.25) is 0 Å². The van der Waals surface area contributed by atoms with Gasteiger partial charge < -0.3 is 23.8 Å². The van der Waals surface area contributed by atoms with Crippen LogP contribution in [0.4, 0.5) is 4.39 Å². The number of carbonyl (C=O) groups excluding carboxylic acids is 1. The molecule has 31 heavy (non-hydrogen) atoms. The molecule has 0 aromatic heterocycles. The van der Waals surface area contributed by atoms with Gasteiger partial charge in [-0.25, -0.2) is 4.39 Å². The lowest BCUT2D eigenvalue weighted by Gasteiger charge is -2.33. The second-order valence-electron chi connectivity index (χ2n) is 8.24. The summed E-state index contributed by atoms with van der Waals surface area (Å²) in [5.74, 6) is 0.503. The smallest absolute Gasteiger partial charge is 0.257 e. The second-order valence-corrected chi connectivity index (χ2v) is 8.24. The highest BCUT2D eigenvalue weighted by atomic mass is 19.1. The third-order valence-electron chi connectivity index (χ3n) is 6.09. The van der Waals surface area contributed by atoms with Crippen LogP contribution in [0.3, 0.4) is 0 Å². The summed E-state index contributed by atoms with van der Waals surface area (Å²) in [6.45, 7) is 1.87. The summed E-state index contributed by atoms with van der Waals surface area (Å²) in [6.07, 6.45) is 4.46. The zero-order valence-electron chi connectivity index (χ0n) is 17.4. The van der Waals surface area contributed by atoms with Crippen molar-refractivity contribution in [1.29, 1.82) is 0 Å². The van der Waals surface area contributed by atoms with Crippen molar-refractivity contribution in [2.75, 3.05) is 33.1 Å². The minimum atomic E-state index is -0.475. The first-order chi connectivity index (χ1) is 15.2. The summed E-state index contributed by atoms with van der Waals surface area (Å²) in [6, 6.07) is 8.87. The Hall–Kier alpha value is -2.64. The second kappa shape index (κ2) is 8.85. The molecular weight excluding hydrogens is 401 g/mol. The number of amides is 1. The third-order valence-corrected chi connectivity index (χ3v) is 6.09. The molecule has 0 spiro atoms. The Morgan fingerprint density at radius 1 is 1.13 bits per heavy atom. The molecule has 7 heteroatoms. The van der Waals surface area contributed by atoms with Gasteiger partial charge in [0.05, 0.1) is 25.3 Å². The normalized spacial score (nSPS) is 20.4. The van der Waals surface area contributed by atoms with Gasteiger partial charge in [-0.2, -0.15) is 0 Å². The molecule has 1 fully saturated rings. The first-order valence-corrected chi connectivity index (χ1v) is 10.9. The minimum Gasteiger partial charge on any atom is -0.491 e. The number of benzene rings is 2. The Balaban J connectivity index is 1.25. The van der Waals surface area contributed by atoms with Crippen LogP contribution < -0.4 is 9.47 Å². The molecule has 1 unspecified atom stereocenters. The molecule has 2 heterocycles. The zero-order chi connectivity index (χ0) is 21.2. The van der Waals surface area contributed by atoms with E-state index in [1.54, 1.807) is 4.90 Å². The highest BCUT2D eigenvalue weighted by molar-refractivity contribution is 5.97. The van der Waals surface area contributed by atoms with Crippen LogP contribution in [-0.4, -0.2) is 50.0 Å². The van der Waals surface area contributed by atoms with Crippen LogP contribution in [0.1, 0.15) is 39.9 Å². The predicted octanol–water partition coefficient (Wildman–Crippen LogP) is 3.49. The number of fused-ring (bicyclic) bond motifs is 2. The van der Waals surface area contributed by atoms with Crippen LogP contribution in [0.25, 0.3) is 0 Å². The Morgan fingerprint density at radius 2 is 2.00 bits per heavy atom. The number of halogens is 1. The van der Waals surface area contributed by atoms with Gasteiger partial charge in [-0.15, -0.1) is 0 Å². The summed E-state index contributed by atoms with van der Waals surface area (Å²) in [5.41, 5.74) is 3.56. The molecule has 2 aromatic carbocycles. The largest absolute Gasteiger partial charge is 0.491 e. The van der Waals surface area contributed by atoms with Gasteiger partial charge in [0.25, 0.3) is 5.91 Å². The number of hydrogen-bond acceptors (Lipinski definition) is 5. The topological polar surface area (TPSA) is 57.2 Å². The number of ether oxygens (including phenoxy) is 4. The maximum absolute atomic E-state index is 14.1. The van der Waals surface area contributed by atoms with E-state index in [9.17, 15) is 9.18 Å². The van der Waals surface area contributed by atoms with Crippen molar-refractivity contribution in [2.24, 2.45) is 0 Å². The molecule has 0 bridgehead atoms. The fraction of sp³-hybridized carbons (Fsp3) is 0.458. The van der Waals surface area contributed by atoms with Gasteiger partial charge in [0.15, 0.2) is 6.79 Å². The Kier molecular flexibility index (Phi) is 5.78. The first-order valence-electron chi connectivity index (χ1n) is 10.9. The van der Waals surface area contributed by atoms with Gasteiger partial charge in [0, 0.05) is 12.1 Å². The lowest BCUT2D eigenvalue weighted by atomic mass is 9.92. The van der Waals surface area contributed by atoms with E-state index in [-0.39, 0.29) is 31.0 Å². The number of carbonyl (C=O) groups is 1. The average molecular weight is 427 g/mol. The minimum absolute atomic E-state index is 0.0548. The van der Waals surface area contributed by atoms with Crippen molar-refractivity contribution in [3.8, 4) is 11.5 Å². The Morgan fingerprint density at radius 3 is 2.90 bits per heavy atom. The van der Waals surface area contributed by atoms with Crippen LogP contribution >= 0.6 is 0 Å². The van der Waals surface area contributed by atoms with Gasteiger partial charge in [-0.1, -0.05) is 6.07 Å². The van der Waals surface area contributed by atoms with Crippen molar-refractivity contribution in [3.63, 3.8) is 0 Å². The monoisotopic (exact) mass is 427 g/mol. The van der Waals surface area contributed by atoms with E-state index < -0.39 is 5.82 Å². The standard InChI is InChI=1S/C24H26FNO5/c25-19-9-18-13-28-15-31-23(18)22(11-19)24(27)26-7-8-29-21(12-26)14-30-20-6-5-16-3-1-2-4-17(16)10-20/h5-6,9-11,21H,1-4,7-8,12-15H2. The lowest BCUT2D eigenvalue weighted by Crippen LogP contribution is -2.47. The van der Waals surface area contributed by atoms with Crippen LogP contribution in [0.2, 0.25) is 0 Å². The summed E-state index contributed by atoms with van der Waals surface area (Å²) < 4.78 is 36.6. The van der Waals surface area contributed by atoms with Gasteiger partial charge in [0.1, 0.15) is 30.0 Å². The van der Waals surface area contributed by atoms with Gasteiger partial charge in [-0.05, 0) is 61.1 Å². The van der Waals surface area contributed by atoms with Crippen LogP contribution in [0.15, 0.2) is 30.3 Å². The zero-order valence-corrected chi connectivity index (χ0v) is 17.4. The molecular formula is C24H26FNO5. The Labute approximate surface area is 180 Å². The number of morpholine rings is 1. The lowest BCUT2D eigenvalue weighted by molar-refractivity contribution is -0.0408. The highest BCUT2D eigenvalue weighted by Gasteiger charge is 2.29. The molecule has 1 amide bonds. The molecule has 2 aromatic rings. The summed E-state index contributed by atoms with van der Waals surface area (Å²) in [4.78, 5) is 14.8. The van der Waals surface area contributed by atoms with E-state index >= 15 is 0 Å². The first kappa shape index (κ1) is 20.3. The van der Waals surface area contributed by atoms with Crippen molar-refractivity contribution < 1.29 is 28.1 Å². The molecule has 6 nitrogen and oxygen atoms in total. The molecule has 0 N–H and O–H groups in total. The number of nitrogens with zero attached hydrogens (tertiary/aromatic N) is 1. The highest BCUT2D eigenvalue weighted by Crippen LogP contribution is 2.31. The number of hydrogen-bond donors (Lipinski definition) is 0. The van der Waals surface area contributed by atoms with Crippen molar-refractivity contribution >= 4 is 5.91 Å². The molecule has 3 aliphatic rings. The van der Waals surface area contributed by atoms with Crippen LogP contribution in [0, 0.1) is 5.82 Å². The van der Waals surface area contributed by atoms with E-state index in [4.69, 9.17) is 18.9 Å². The fourth-order valence-corrected chi connectivity index (χ4v) is 4.50.